The third-order valence-corrected chi connectivity index (χ3v) is 2.82. The number of nitrogens with zero attached hydrogens (tertiary/aromatic N) is 2. The van der Waals surface area contributed by atoms with Crippen molar-refractivity contribution in [2.75, 3.05) is 7.05 Å². The van der Waals surface area contributed by atoms with Gasteiger partial charge in [-0.1, -0.05) is 12.1 Å². The fourth-order valence-electron chi connectivity index (χ4n) is 1.94. The zero-order chi connectivity index (χ0) is 12.3. The molecule has 2 aromatic rings. The molecular weight excluding hydrogens is 215 g/mol. The van der Waals surface area contributed by atoms with Crippen molar-refractivity contribution >= 4 is 0 Å². The number of aryl methyl sites for hydroxylation is 1. The molecule has 90 valence electrons. The van der Waals surface area contributed by atoms with Crippen LogP contribution in [-0.4, -0.2) is 16.5 Å². The average molecular weight is 232 g/mol. The number of hydrogen-bond acceptors (Lipinski definition) is 1. The Morgan fingerprint density at radius 2 is 2.00 bits per heavy atom. The smallest absolute Gasteiger partial charge is 0.123 e. The quantitative estimate of drug-likeness (QED) is 0.787. The van der Waals surface area contributed by atoms with E-state index in [1.807, 2.05) is 32.4 Å². The van der Waals surface area contributed by atoms with E-state index in [1.54, 1.807) is 12.1 Å². The summed E-state index contributed by atoms with van der Waals surface area (Å²) in [4.78, 5) is 2.17. The maximum atomic E-state index is 13.0. The van der Waals surface area contributed by atoms with E-state index in [0.717, 1.165) is 18.7 Å². The minimum atomic E-state index is -0.172. The van der Waals surface area contributed by atoms with Crippen LogP contribution in [0.4, 0.5) is 4.39 Å². The van der Waals surface area contributed by atoms with E-state index >= 15 is 0 Å². The van der Waals surface area contributed by atoms with Crippen molar-refractivity contribution in [3.05, 3.63) is 59.7 Å². The summed E-state index contributed by atoms with van der Waals surface area (Å²) in [5, 5.41) is 0. The zero-order valence-electron chi connectivity index (χ0n) is 10.2. The van der Waals surface area contributed by atoms with Crippen molar-refractivity contribution in [1.29, 1.82) is 0 Å². The van der Waals surface area contributed by atoms with E-state index in [-0.39, 0.29) is 5.82 Å². The van der Waals surface area contributed by atoms with Gasteiger partial charge in [-0.2, -0.15) is 0 Å². The van der Waals surface area contributed by atoms with Crippen molar-refractivity contribution < 1.29 is 4.39 Å². The van der Waals surface area contributed by atoms with Gasteiger partial charge in [-0.25, -0.2) is 4.39 Å². The van der Waals surface area contributed by atoms with Crippen LogP contribution in [0.5, 0.6) is 0 Å². The Balaban J connectivity index is 1.98. The van der Waals surface area contributed by atoms with Gasteiger partial charge < -0.3 is 4.57 Å². The van der Waals surface area contributed by atoms with Gasteiger partial charge in [-0.3, -0.25) is 4.90 Å². The van der Waals surface area contributed by atoms with E-state index in [4.69, 9.17) is 0 Å². The molecule has 1 aromatic heterocycles. The van der Waals surface area contributed by atoms with Crippen LogP contribution >= 0.6 is 0 Å². The van der Waals surface area contributed by atoms with Gasteiger partial charge in [0.25, 0.3) is 0 Å². The maximum absolute atomic E-state index is 13.0. The second kappa shape index (κ2) is 5.15. The molecule has 3 heteroatoms. The molecule has 2 rings (SSSR count). The van der Waals surface area contributed by atoms with E-state index in [9.17, 15) is 4.39 Å². The van der Waals surface area contributed by atoms with Crippen LogP contribution in [-0.2, 0) is 20.1 Å². The van der Waals surface area contributed by atoms with Crippen LogP contribution in [0.3, 0.4) is 0 Å². The topological polar surface area (TPSA) is 8.17 Å². The lowest BCUT2D eigenvalue weighted by Gasteiger charge is -2.17. The number of hydrogen-bond donors (Lipinski definition) is 0. The normalized spacial score (nSPS) is 11.1. The summed E-state index contributed by atoms with van der Waals surface area (Å²) in [5.74, 6) is -0.172. The second-order valence-electron chi connectivity index (χ2n) is 4.41. The van der Waals surface area contributed by atoms with Crippen molar-refractivity contribution in [2.45, 2.75) is 13.1 Å². The highest BCUT2D eigenvalue weighted by molar-refractivity contribution is 5.16. The third-order valence-electron chi connectivity index (χ3n) is 2.82. The van der Waals surface area contributed by atoms with Crippen molar-refractivity contribution in [2.24, 2.45) is 7.05 Å². The molecule has 0 aliphatic heterocycles. The predicted molar refractivity (Wildman–Crippen MR) is 67.0 cm³/mol. The Kier molecular flexibility index (Phi) is 3.59. The first-order valence-electron chi connectivity index (χ1n) is 5.68. The van der Waals surface area contributed by atoms with E-state index in [1.165, 1.54) is 11.8 Å². The Morgan fingerprint density at radius 3 is 2.65 bits per heavy atom. The number of halogens is 1. The molecular formula is C14H17FN2. The molecule has 0 aliphatic rings. The number of aromatic nitrogens is 1. The van der Waals surface area contributed by atoms with Crippen LogP contribution in [0, 0.1) is 5.82 Å². The largest absolute Gasteiger partial charge is 0.353 e. The molecule has 1 aromatic carbocycles. The van der Waals surface area contributed by atoms with Crippen LogP contribution in [0.15, 0.2) is 42.6 Å². The Labute approximate surface area is 101 Å². The van der Waals surface area contributed by atoms with Gasteiger partial charge in [0.2, 0.25) is 0 Å². The third kappa shape index (κ3) is 3.17. The van der Waals surface area contributed by atoms with Gasteiger partial charge >= 0.3 is 0 Å². The summed E-state index contributed by atoms with van der Waals surface area (Å²) >= 11 is 0. The number of benzene rings is 1. The molecule has 0 N–H and O–H groups in total. The minimum Gasteiger partial charge on any atom is -0.353 e. The summed E-state index contributed by atoms with van der Waals surface area (Å²) in [7, 11) is 4.07. The first kappa shape index (κ1) is 11.9. The van der Waals surface area contributed by atoms with Gasteiger partial charge in [-0.05, 0) is 36.9 Å². The monoisotopic (exact) mass is 232 g/mol. The lowest BCUT2D eigenvalue weighted by Crippen LogP contribution is -2.18. The minimum absolute atomic E-state index is 0.172. The first-order chi connectivity index (χ1) is 8.15. The maximum Gasteiger partial charge on any atom is 0.123 e. The first-order valence-corrected chi connectivity index (χ1v) is 5.68. The van der Waals surface area contributed by atoms with Crippen LogP contribution in [0.25, 0.3) is 0 Å². The summed E-state index contributed by atoms with van der Waals surface area (Å²) in [6.45, 7) is 1.61. The lowest BCUT2D eigenvalue weighted by atomic mass is 10.2. The van der Waals surface area contributed by atoms with Gasteiger partial charge in [0.15, 0.2) is 0 Å². The lowest BCUT2D eigenvalue weighted by molar-refractivity contribution is 0.311. The van der Waals surface area contributed by atoms with Crippen LogP contribution in [0.2, 0.25) is 0 Å². The zero-order valence-corrected chi connectivity index (χ0v) is 10.2. The predicted octanol–water partition coefficient (Wildman–Crippen LogP) is 2.80. The standard InChI is InChI=1S/C14H17FN2/c1-16(11-14-7-4-8-17(14)2)10-12-5-3-6-13(15)9-12/h3-9H,10-11H2,1-2H3. The Bertz CT molecular complexity index is 490. The highest BCUT2D eigenvalue weighted by Gasteiger charge is 2.04. The summed E-state index contributed by atoms with van der Waals surface area (Å²) in [6, 6.07) is 10.9. The van der Waals surface area contributed by atoms with E-state index in [0.29, 0.717) is 0 Å². The molecule has 0 atom stereocenters. The van der Waals surface area contributed by atoms with Gasteiger partial charge in [0.05, 0.1) is 0 Å². The molecule has 0 fully saturated rings. The molecule has 0 saturated carbocycles. The van der Waals surface area contributed by atoms with Crippen molar-refractivity contribution in [1.82, 2.24) is 9.47 Å². The molecule has 17 heavy (non-hydrogen) atoms. The van der Waals surface area contributed by atoms with Crippen LogP contribution < -0.4 is 0 Å². The average Bonchev–Trinajstić information content (AvgIpc) is 2.64. The molecule has 0 radical (unpaired) electrons. The number of rotatable bonds is 4. The molecule has 0 spiro atoms. The molecule has 2 nitrogen and oxygen atoms in total. The fraction of sp³-hybridized carbons (Fsp3) is 0.286. The molecule has 0 bridgehead atoms. The van der Waals surface area contributed by atoms with E-state index < -0.39 is 0 Å². The fourth-order valence-corrected chi connectivity index (χ4v) is 1.94. The van der Waals surface area contributed by atoms with E-state index in [2.05, 4.69) is 15.5 Å². The van der Waals surface area contributed by atoms with Gasteiger partial charge in [0, 0.05) is 32.0 Å². The highest BCUT2D eigenvalue weighted by atomic mass is 19.1. The van der Waals surface area contributed by atoms with Crippen molar-refractivity contribution in [3.63, 3.8) is 0 Å². The Morgan fingerprint density at radius 1 is 1.18 bits per heavy atom. The molecule has 0 unspecified atom stereocenters. The molecule has 1 heterocycles. The van der Waals surface area contributed by atoms with Gasteiger partial charge in [-0.15, -0.1) is 0 Å². The van der Waals surface area contributed by atoms with Crippen molar-refractivity contribution in [3.8, 4) is 0 Å². The molecule has 0 aliphatic carbocycles. The molecule has 0 amide bonds. The molecule has 0 saturated heterocycles. The Hall–Kier alpha value is -1.61. The van der Waals surface area contributed by atoms with Crippen LogP contribution in [0.1, 0.15) is 11.3 Å². The summed E-state index contributed by atoms with van der Waals surface area (Å²) in [5.41, 5.74) is 2.26. The highest BCUT2D eigenvalue weighted by Crippen LogP contribution is 2.09. The summed E-state index contributed by atoms with van der Waals surface area (Å²) in [6.07, 6.45) is 2.03. The summed E-state index contributed by atoms with van der Waals surface area (Å²) < 4.78 is 15.1. The SMILES string of the molecule is CN(Cc1cccc(F)c1)Cc1cccn1C. The van der Waals surface area contributed by atoms with Gasteiger partial charge in [0.1, 0.15) is 5.82 Å². The second-order valence-corrected chi connectivity index (χ2v) is 4.41.